The molecule has 0 fully saturated rings. The summed E-state index contributed by atoms with van der Waals surface area (Å²) in [4.78, 5) is 16.0. The van der Waals surface area contributed by atoms with Gasteiger partial charge in [0.05, 0.1) is 21.5 Å². The molecule has 0 unspecified atom stereocenters. The van der Waals surface area contributed by atoms with Crippen LogP contribution in [0.4, 0.5) is 5.69 Å². The van der Waals surface area contributed by atoms with E-state index in [-0.39, 0.29) is 18.9 Å². The van der Waals surface area contributed by atoms with E-state index in [1.165, 1.54) is 0 Å². The molecule has 108 valence electrons. The summed E-state index contributed by atoms with van der Waals surface area (Å²) in [6, 6.07) is 5.49. The first-order valence-electron chi connectivity index (χ1n) is 5.95. The predicted octanol–water partition coefficient (Wildman–Crippen LogP) is 1.48. The summed E-state index contributed by atoms with van der Waals surface area (Å²) in [6.07, 6.45) is 1.15. The minimum Gasteiger partial charge on any atom is -0.326 e. The zero-order chi connectivity index (χ0) is 14.8. The van der Waals surface area contributed by atoms with Gasteiger partial charge in [-0.15, -0.1) is 11.3 Å². The Labute approximate surface area is 121 Å². The zero-order valence-corrected chi connectivity index (χ0v) is 12.8. The maximum atomic E-state index is 11.7. The van der Waals surface area contributed by atoms with Crippen LogP contribution in [0.5, 0.6) is 0 Å². The Morgan fingerprint density at radius 1 is 1.40 bits per heavy atom. The molecule has 0 aliphatic rings. The minimum atomic E-state index is -3.26. The van der Waals surface area contributed by atoms with Crippen molar-refractivity contribution in [2.24, 2.45) is 0 Å². The quantitative estimate of drug-likeness (QED) is 0.875. The van der Waals surface area contributed by atoms with E-state index in [0.29, 0.717) is 5.69 Å². The predicted molar refractivity (Wildman–Crippen MR) is 80.5 cm³/mol. The molecule has 0 radical (unpaired) electrons. The van der Waals surface area contributed by atoms with Crippen molar-refractivity contribution < 1.29 is 13.2 Å². The molecule has 0 bridgehead atoms. The third kappa shape index (κ3) is 4.26. The normalized spacial score (nSPS) is 11.7. The van der Waals surface area contributed by atoms with Gasteiger partial charge >= 0.3 is 0 Å². The molecule has 8 heteroatoms. The highest BCUT2D eigenvalue weighted by atomic mass is 32.2. The summed E-state index contributed by atoms with van der Waals surface area (Å²) in [5.41, 5.74) is 1.59. The van der Waals surface area contributed by atoms with Crippen molar-refractivity contribution in [3.05, 3.63) is 23.2 Å². The van der Waals surface area contributed by atoms with Crippen molar-refractivity contribution in [1.29, 1.82) is 0 Å². The maximum absolute atomic E-state index is 11.7. The van der Waals surface area contributed by atoms with E-state index in [0.717, 1.165) is 21.5 Å². The molecule has 1 heterocycles. The van der Waals surface area contributed by atoms with Crippen LogP contribution >= 0.6 is 11.3 Å². The molecule has 6 nitrogen and oxygen atoms in total. The lowest BCUT2D eigenvalue weighted by Gasteiger charge is -2.05. The van der Waals surface area contributed by atoms with Crippen molar-refractivity contribution in [2.45, 2.75) is 13.3 Å². The molecule has 0 spiro atoms. The number of hydrogen-bond donors (Lipinski definition) is 2. The number of sulfonamides is 1. The second-order valence-corrected chi connectivity index (χ2v) is 7.45. The first-order valence-corrected chi connectivity index (χ1v) is 8.66. The SMILES string of the molecule is Cc1nc2ccc(NC(=O)CCNS(C)(=O)=O)cc2s1. The van der Waals surface area contributed by atoms with E-state index in [1.54, 1.807) is 17.4 Å². The van der Waals surface area contributed by atoms with Crippen LogP contribution in [-0.2, 0) is 14.8 Å². The molecule has 0 aliphatic heterocycles. The van der Waals surface area contributed by atoms with Crippen LogP contribution in [0, 0.1) is 6.92 Å². The number of thiazole rings is 1. The molecule has 0 saturated carbocycles. The number of anilines is 1. The van der Waals surface area contributed by atoms with Crippen molar-refractivity contribution in [1.82, 2.24) is 9.71 Å². The third-order valence-corrected chi connectivity index (χ3v) is 4.16. The second-order valence-electron chi connectivity index (χ2n) is 4.38. The number of carbonyl (C=O) groups is 1. The van der Waals surface area contributed by atoms with Gasteiger partial charge in [0.1, 0.15) is 0 Å². The molecule has 0 atom stereocenters. The van der Waals surface area contributed by atoms with Gasteiger partial charge in [-0.25, -0.2) is 18.1 Å². The summed E-state index contributed by atoms with van der Waals surface area (Å²) in [6.45, 7) is 2.02. The van der Waals surface area contributed by atoms with Crippen LogP contribution in [0.2, 0.25) is 0 Å². The largest absolute Gasteiger partial charge is 0.326 e. The molecule has 20 heavy (non-hydrogen) atoms. The van der Waals surface area contributed by atoms with Crippen LogP contribution in [0.25, 0.3) is 10.2 Å². The lowest BCUT2D eigenvalue weighted by Crippen LogP contribution is -2.26. The van der Waals surface area contributed by atoms with E-state index < -0.39 is 10.0 Å². The van der Waals surface area contributed by atoms with E-state index in [9.17, 15) is 13.2 Å². The topological polar surface area (TPSA) is 88.2 Å². The maximum Gasteiger partial charge on any atom is 0.225 e. The number of rotatable bonds is 5. The van der Waals surface area contributed by atoms with Crippen molar-refractivity contribution in [3.63, 3.8) is 0 Å². The number of fused-ring (bicyclic) bond motifs is 1. The third-order valence-electron chi connectivity index (χ3n) is 2.50. The van der Waals surface area contributed by atoms with Crippen LogP contribution in [-0.4, -0.2) is 32.1 Å². The first kappa shape index (κ1) is 14.9. The van der Waals surface area contributed by atoms with Crippen molar-refractivity contribution in [3.8, 4) is 0 Å². The zero-order valence-electron chi connectivity index (χ0n) is 11.1. The van der Waals surface area contributed by atoms with Gasteiger partial charge in [0.2, 0.25) is 15.9 Å². The Morgan fingerprint density at radius 3 is 2.85 bits per heavy atom. The van der Waals surface area contributed by atoms with Gasteiger partial charge in [-0.3, -0.25) is 4.79 Å². The average molecular weight is 313 g/mol. The molecule has 0 aliphatic carbocycles. The van der Waals surface area contributed by atoms with Crippen molar-refractivity contribution in [2.75, 3.05) is 18.1 Å². The Bertz CT molecular complexity index is 737. The molecule has 2 rings (SSSR count). The standard InChI is InChI=1S/C12H15N3O3S2/c1-8-14-10-4-3-9(7-11(10)19-8)15-12(16)5-6-13-20(2,17)18/h3-4,7,13H,5-6H2,1-2H3,(H,15,16). The van der Waals surface area contributed by atoms with Crippen LogP contribution in [0.15, 0.2) is 18.2 Å². The summed E-state index contributed by atoms with van der Waals surface area (Å²) in [7, 11) is -3.26. The Kier molecular flexibility index (Phi) is 4.36. The van der Waals surface area contributed by atoms with Gasteiger partial charge in [0, 0.05) is 18.7 Å². The van der Waals surface area contributed by atoms with E-state index >= 15 is 0 Å². The number of aryl methyl sites for hydroxylation is 1. The monoisotopic (exact) mass is 313 g/mol. The fourth-order valence-electron chi connectivity index (χ4n) is 1.69. The van der Waals surface area contributed by atoms with E-state index in [2.05, 4.69) is 15.0 Å². The highest BCUT2D eigenvalue weighted by Crippen LogP contribution is 2.24. The van der Waals surface area contributed by atoms with Gasteiger partial charge in [-0.05, 0) is 25.1 Å². The number of nitrogens with one attached hydrogen (secondary N) is 2. The minimum absolute atomic E-state index is 0.0899. The van der Waals surface area contributed by atoms with Crippen LogP contribution in [0.3, 0.4) is 0 Å². The summed E-state index contributed by atoms with van der Waals surface area (Å²) >= 11 is 1.56. The summed E-state index contributed by atoms with van der Waals surface area (Å²) < 4.78 is 25.0. The number of carbonyl (C=O) groups excluding carboxylic acids is 1. The molecule has 1 amide bonds. The van der Waals surface area contributed by atoms with E-state index in [4.69, 9.17) is 0 Å². The number of benzene rings is 1. The number of aromatic nitrogens is 1. The summed E-state index contributed by atoms with van der Waals surface area (Å²) in [5, 5.41) is 3.71. The number of nitrogens with zero attached hydrogens (tertiary/aromatic N) is 1. The van der Waals surface area contributed by atoms with Crippen LogP contribution in [0.1, 0.15) is 11.4 Å². The smallest absolute Gasteiger partial charge is 0.225 e. The van der Waals surface area contributed by atoms with Crippen molar-refractivity contribution >= 4 is 43.2 Å². The molecule has 2 N–H and O–H groups in total. The highest BCUT2D eigenvalue weighted by Gasteiger charge is 2.07. The fraction of sp³-hybridized carbons (Fsp3) is 0.333. The fourth-order valence-corrected chi connectivity index (χ4v) is 3.03. The lowest BCUT2D eigenvalue weighted by molar-refractivity contribution is -0.116. The first-order chi connectivity index (χ1) is 9.33. The highest BCUT2D eigenvalue weighted by molar-refractivity contribution is 7.88. The number of hydrogen-bond acceptors (Lipinski definition) is 5. The second kappa shape index (κ2) is 5.86. The molecular weight excluding hydrogens is 298 g/mol. The van der Waals surface area contributed by atoms with Gasteiger partial charge < -0.3 is 5.32 Å². The average Bonchev–Trinajstić information content (AvgIpc) is 2.66. The number of amides is 1. The molecule has 1 aromatic heterocycles. The Morgan fingerprint density at radius 2 is 2.15 bits per heavy atom. The molecular formula is C12H15N3O3S2. The molecule has 2 aromatic rings. The summed E-state index contributed by atoms with van der Waals surface area (Å²) in [5.74, 6) is -0.235. The van der Waals surface area contributed by atoms with Crippen LogP contribution < -0.4 is 10.0 Å². The Hall–Kier alpha value is -1.51. The Balaban J connectivity index is 1.95. The van der Waals surface area contributed by atoms with Gasteiger partial charge in [-0.1, -0.05) is 0 Å². The van der Waals surface area contributed by atoms with Gasteiger partial charge in [0.25, 0.3) is 0 Å². The lowest BCUT2D eigenvalue weighted by atomic mass is 10.3. The molecule has 0 saturated heterocycles. The van der Waals surface area contributed by atoms with Gasteiger partial charge in [-0.2, -0.15) is 0 Å². The van der Waals surface area contributed by atoms with Gasteiger partial charge in [0.15, 0.2) is 0 Å². The molecule has 1 aromatic carbocycles. The van der Waals surface area contributed by atoms with E-state index in [1.807, 2.05) is 19.1 Å².